The van der Waals surface area contributed by atoms with Crippen molar-refractivity contribution in [2.24, 2.45) is 0 Å². The number of carbonyl (C=O) groups is 2. The highest BCUT2D eigenvalue weighted by Gasteiger charge is 2.35. The Labute approximate surface area is 238 Å². The molecule has 41 heavy (non-hydrogen) atoms. The molecule has 1 aliphatic heterocycles. The zero-order valence-corrected chi connectivity index (χ0v) is 22.6. The first-order chi connectivity index (χ1) is 19.6. The van der Waals surface area contributed by atoms with Crippen LogP contribution in [0.1, 0.15) is 30.0 Å². The smallest absolute Gasteiger partial charge is 0.497 e. The van der Waals surface area contributed by atoms with Crippen LogP contribution in [0, 0.1) is 0 Å². The van der Waals surface area contributed by atoms with Gasteiger partial charge in [0.1, 0.15) is 35.5 Å². The number of anilines is 2. The Kier molecular flexibility index (Phi) is 8.16. The van der Waals surface area contributed by atoms with Gasteiger partial charge in [-0.15, -0.1) is 13.2 Å². The van der Waals surface area contributed by atoms with Gasteiger partial charge in [0.2, 0.25) is 0 Å². The van der Waals surface area contributed by atoms with Crippen molar-refractivity contribution in [1.29, 1.82) is 0 Å². The lowest BCUT2D eigenvalue weighted by Crippen LogP contribution is -2.39. The van der Waals surface area contributed by atoms with E-state index in [2.05, 4.69) is 10.1 Å². The number of hydrogen-bond donors (Lipinski definition) is 1. The molecule has 0 spiro atoms. The van der Waals surface area contributed by atoms with Crippen molar-refractivity contribution in [2.75, 3.05) is 23.9 Å². The second-order valence-corrected chi connectivity index (χ2v) is 10.1. The fourth-order valence-electron chi connectivity index (χ4n) is 4.89. The van der Waals surface area contributed by atoms with Crippen molar-refractivity contribution in [3.05, 3.63) is 76.8 Å². The molecule has 5 rings (SSSR count). The van der Waals surface area contributed by atoms with Crippen molar-refractivity contribution in [3.63, 3.8) is 0 Å². The van der Waals surface area contributed by atoms with Gasteiger partial charge in [-0.25, -0.2) is 0 Å². The molecule has 0 bridgehead atoms. The molecule has 1 fully saturated rings. The highest BCUT2D eigenvalue weighted by Crippen LogP contribution is 2.38. The molecular weight excluding hydrogens is 565 g/mol. The maximum atomic E-state index is 14.0. The largest absolute Gasteiger partial charge is 0.573 e. The van der Waals surface area contributed by atoms with E-state index in [0.29, 0.717) is 59.2 Å². The van der Waals surface area contributed by atoms with Gasteiger partial charge in [-0.05, 0) is 35.7 Å². The number of amides is 1. The van der Waals surface area contributed by atoms with E-state index in [1.54, 1.807) is 42.5 Å². The minimum absolute atomic E-state index is 0.150. The van der Waals surface area contributed by atoms with E-state index in [4.69, 9.17) is 25.8 Å². The zero-order valence-electron chi connectivity index (χ0n) is 21.8. The summed E-state index contributed by atoms with van der Waals surface area (Å²) in [5.74, 6) is 0.184. The second-order valence-electron chi connectivity index (χ2n) is 9.67. The van der Waals surface area contributed by atoms with Crippen molar-refractivity contribution < 1.29 is 41.7 Å². The molecule has 12 heteroatoms. The third kappa shape index (κ3) is 6.79. The van der Waals surface area contributed by atoms with Crippen LogP contribution in [0.5, 0.6) is 17.2 Å². The van der Waals surface area contributed by atoms with E-state index < -0.39 is 18.2 Å². The summed E-state index contributed by atoms with van der Waals surface area (Å²) in [5, 5.41) is 3.73. The van der Waals surface area contributed by atoms with E-state index in [1.807, 2.05) is 0 Å². The molecule has 0 saturated heterocycles. The minimum atomic E-state index is -4.86. The lowest BCUT2D eigenvalue weighted by atomic mass is 9.92. The molecule has 1 atom stereocenters. The molecule has 0 radical (unpaired) electrons. The minimum Gasteiger partial charge on any atom is -0.497 e. The summed E-state index contributed by atoms with van der Waals surface area (Å²) in [7, 11) is 1.50. The summed E-state index contributed by atoms with van der Waals surface area (Å²) >= 11 is 6.10. The third-order valence-corrected chi connectivity index (χ3v) is 7.18. The SMILES string of the molecule is COc1cc(NC(C(=O)N2CCc3ccc(OC(F)(F)F)cc32)c2ccc(Cl)cc2)cc(OC2CC(OC=O)C2)c1. The van der Waals surface area contributed by atoms with Gasteiger partial charge in [-0.3, -0.25) is 9.59 Å². The van der Waals surface area contributed by atoms with Crippen molar-refractivity contribution >= 4 is 35.4 Å². The van der Waals surface area contributed by atoms with E-state index in [-0.39, 0.29) is 24.7 Å². The summed E-state index contributed by atoms with van der Waals surface area (Å²) in [6, 6.07) is 14.9. The number of alkyl halides is 3. The van der Waals surface area contributed by atoms with Crippen LogP contribution in [0.15, 0.2) is 60.7 Å². The van der Waals surface area contributed by atoms with Crippen LogP contribution in [0.4, 0.5) is 24.5 Å². The maximum Gasteiger partial charge on any atom is 0.573 e. The number of halogens is 4. The van der Waals surface area contributed by atoms with Crippen molar-refractivity contribution in [3.8, 4) is 17.2 Å². The second kappa shape index (κ2) is 11.8. The first-order valence-electron chi connectivity index (χ1n) is 12.8. The number of methoxy groups -OCH3 is 1. The van der Waals surface area contributed by atoms with Crippen LogP contribution in [-0.4, -0.2) is 44.6 Å². The summed E-state index contributed by atoms with van der Waals surface area (Å²) in [4.78, 5) is 26.0. The fourth-order valence-corrected chi connectivity index (χ4v) is 5.01. The number of rotatable bonds is 10. The van der Waals surface area contributed by atoms with Crippen LogP contribution in [0.2, 0.25) is 5.02 Å². The summed E-state index contributed by atoms with van der Waals surface area (Å²) in [6.07, 6.45) is -3.60. The Morgan fingerprint density at radius 3 is 2.44 bits per heavy atom. The number of fused-ring (bicyclic) bond motifs is 1. The summed E-state index contributed by atoms with van der Waals surface area (Å²) in [5.41, 5.74) is 2.19. The van der Waals surface area contributed by atoms with Gasteiger partial charge in [0, 0.05) is 54.4 Å². The Morgan fingerprint density at radius 1 is 1.02 bits per heavy atom. The molecule has 216 valence electrons. The Bertz CT molecular complexity index is 1410. The molecule has 3 aromatic rings. The standard InChI is InChI=1S/C29H26ClF3N2O6/c1-38-22-10-20(11-24(12-22)40-25-13-23(14-25)39-16-36)34-27(18-2-5-19(30)6-3-18)28(37)35-9-8-17-4-7-21(15-26(17)35)41-29(31,32)33/h2-7,10-12,15-16,23,25,27,34H,8-9,13-14H2,1H3. The molecule has 2 aliphatic rings. The van der Waals surface area contributed by atoms with Crippen LogP contribution in [0.25, 0.3) is 0 Å². The number of hydrogen-bond acceptors (Lipinski definition) is 7. The number of nitrogens with one attached hydrogen (secondary N) is 1. The average Bonchev–Trinajstić information content (AvgIpc) is 3.33. The molecule has 1 heterocycles. The van der Waals surface area contributed by atoms with Gasteiger partial charge in [-0.1, -0.05) is 29.8 Å². The highest BCUT2D eigenvalue weighted by molar-refractivity contribution is 6.30. The van der Waals surface area contributed by atoms with Gasteiger partial charge < -0.3 is 29.2 Å². The molecule has 0 aromatic heterocycles. The van der Waals surface area contributed by atoms with E-state index in [0.717, 1.165) is 5.56 Å². The Morgan fingerprint density at radius 2 is 1.76 bits per heavy atom. The zero-order chi connectivity index (χ0) is 29.1. The molecule has 1 N–H and O–H groups in total. The van der Waals surface area contributed by atoms with Crippen LogP contribution in [0.3, 0.4) is 0 Å². The third-order valence-electron chi connectivity index (χ3n) is 6.93. The van der Waals surface area contributed by atoms with Crippen LogP contribution in [-0.2, 0) is 20.7 Å². The Hall–Kier alpha value is -4.12. The maximum absolute atomic E-state index is 14.0. The van der Waals surface area contributed by atoms with E-state index in [9.17, 15) is 22.8 Å². The van der Waals surface area contributed by atoms with Gasteiger partial charge in [-0.2, -0.15) is 0 Å². The predicted octanol–water partition coefficient (Wildman–Crippen LogP) is 6.07. The van der Waals surface area contributed by atoms with Crippen LogP contribution >= 0.6 is 11.6 Å². The van der Waals surface area contributed by atoms with E-state index >= 15 is 0 Å². The number of nitrogens with zero attached hydrogens (tertiary/aromatic N) is 1. The lowest BCUT2D eigenvalue weighted by Gasteiger charge is -2.33. The summed E-state index contributed by atoms with van der Waals surface area (Å²) < 4.78 is 59.1. The van der Waals surface area contributed by atoms with Gasteiger partial charge >= 0.3 is 6.36 Å². The molecule has 1 unspecified atom stereocenters. The highest BCUT2D eigenvalue weighted by atomic mass is 35.5. The van der Waals surface area contributed by atoms with E-state index in [1.165, 1.54) is 30.2 Å². The van der Waals surface area contributed by atoms with Gasteiger partial charge in [0.15, 0.2) is 0 Å². The van der Waals surface area contributed by atoms with Crippen molar-refractivity contribution in [1.82, 2.24) is 0 Å². The average molecular weight is 591 g/mol. The number of ether oxygens (including phenoxy) is 4. The normalized spacial score (nSPS) is 18.5. The van der Waals surface area contributed by atoms with Gasteiger partial charge in [0.05, 0.1) is 12.8 Å². The molecular formula is C29H26ClF3N2O6. The topological polar surface area (TPSA) is 86.3 Å². The molecule has 8 nitrogen and oxygen atoms in total. The summed E-state index contributed by atoms with van der Waals surface area (Å²) in [6.45, 7) is 0.707. The number of benzene rings is 3. The number of carbonyl (C=O) groups excluding carboxylic acids is 2. The predicted molar refractivity (Wildman–Crippen MR) is 145 cm³/mol. The van der Waals surface area contributed by atoms with Crippen molar-refractivity contribution in [2.45, 2.75) is 43.9 Å². The molecule has 3 aromatic carbocycles. The van der Waals surface area contributed by atoms with Gasteiger partial charge in [0.25, 0.3) is 12.4 Å². The first kappa shape index (κ1) is 28.4. The Balaban J connectivity index is 1.42. The monoisotopic (exact) mass is 590 g/mol. The lowest BCUT2D eigenvalue weighted by molar-refractivity contribution is -0.274. The molecule has 1 aliphatic carbocycles. The van der Waals surface area contributed by atoms with Crippen LogP contribution < -0.4 is 24.4 Å². The molecule has 1 amide bonds. The quantitative estimate of drug-likeness (QED) is 0.287. The first-order valence-corrected chi connectivity index (χ1v) is 13.2. The molecule has 1 saturated carbocycles. The fraction of sp³-hybridized carbons (Fsp3) is 0.310.